The van der Waals surface area contributed by atoms with Crippen LogP contribution in [0.25, 0.3) is 0 Å². The van der Waals surface area contributed by atoms with Gasteiger partial charge in [0.1, 0.15) is 0 Å². The number of benzene rings is 1. The lowest BCUT2D eigenvalue weighted by atomic mass is 10.1. The van der Waals surface area contributed by atoms with Crippen LogP contribution in [0, 0.1) is 6.92 Å². The molecule has 0 spiro atoms. The first kappa shape index (κ1) is 14.5. The zero-order valence-electron chi connectivity index (χ0n) is 11.2. The quantitative estimate of drug-likeness (QED) is 0.756. The maximum atomic E-state index is 11.7. The molecular formula is C13H14N4O4. The number of hydrogen-bond donors (Lipinski definition) is 3. The van der Waals surface area contributed by atoms with Gasteiger partial charge in [-0.1, -0.05) is 35.5 Å². The average molecular weight is 290 g/mol. The summed E-state index contributed by atoms with van der Waals surface area (Å²) < 4.78 is 4.76. The van der Waals surface area contributed by atoms with Crippen LogP contribution in [0.3, 0.4) is 0 Å². The Morgan fingerprint density at radius 1 is 1.33 bits per heavy atom. The Bertz CT molecular complexity index is 626. The van der Waals surface area contributed by atoms with Crippen molar-refractivity contribution < 1.29 is 19.2 Å². The summed E-state index contributed by atoms with van der Waals surface area (Å²) in [5.74, 6) is -0.444. The van der Waals surface area contributed by atoms with Gasteiger partial charge in [0.15, 0.2) is 11.9 Å². The fourth-order valence-corrected chi connectivity index (χ4v) is 1.69. The van der Waals surface area contributed by atoms with Crippen molar-refractivity contribution in [1.29, 1.82) is 0 Å². The van der Waals surface area contributed by atoms with Crippen LogP contribution in [-0.4, -0.2) is 27.2 Å². The van der Waals surface area contributed by atoms with Crippen LogP contribution in [0.15, 0.2) is 34.9 Å². The highest BCUT2D eigenvalue weighted by Gasteiger charge is 2.21. The fourth-order valence-electron chi connectivity index (χ4n) is 1.69. The van der Waals surface area contributed by atoms with Crippen LogP contribution in [0.4, 0.5) is 4.79 Å². The normalized spacial score (nSPS) is 11.7. The highest BCUT2D eigenvalue weighted by atomic mass is 16.5. The van der Waals surface area contributed by atoms with Gasteiger partial charge in [-0.25, -0.2) is 9.59 Å². The van der Waals surface area contributed by atoms with Gasteiger partial charge < -0.3 is 20.3 Å². The Labute approximate surface area is 120 Å². The molecule has 8 heteroatoms. The maximum Gasteiger partial charge on any atom is 0.330 e. The average Bonchev–Trinajstić information content (AvgIpc) is 2.89. The summed E-state index contributed by atoms with van der Waals surface area (Å²) in [6.45, 7) is 1.68. The molecule has 0 aliphatic carbocycles. The number of carboxylic acid groups (broad SMARTS) is 1. The Kier molecular flexibility index (Phi) is 4.50. The summed E-state index contributed by atoms with van der Waals surface area (Å²) in [7, 11) is 0. The molecule has 0 saturated heterocycles. The Morgan fingerprint density at radius 3 is 2.62 bits per heavy atom. The number of aromatic nitrogens is 2. The third kappa shape index (κ3) is 4.03. The van der Waals surface area contributed by atoms with Crippen molar-refractivity contribution >= 4 is 12.0 Å². The van der Waals surface area contributed by atoms with Crippen molar-refractivity contribution in [3.8, 4) is 0 Å². The molecule has 0 fully saturated rings. The van der Waals surface area contributed by atoms with Crippen molar-refractivity contribution in [1.82, 2.24) is 20.8 Å². The third-order valence-corrected chi connectivity index (χ3v) is 2.63. The molecular weight excluding hydrogens is 276 g/mol. The van der Waals surface area contributed by atoms with Gasteiger partial charge in [-0.3, -0.25) is 0 Å². The highest BCUT2D eigenvalue weighted by molar-refractivity contribution is 5.83. The van der Waals surface area contributed by atoms with Crippen LogP contribution in [-0.2, 0) is 11.3 Å². The van der Waals surface area contributed by atoms with E-state index in [1.807, 2.05) is 0 Å². The lowest BCUT2D eigenvalue weighted by Crippen LogP contribution is -2.40. The summed E-state index contributed by atoms with van der Waals surface area (Å²) >= 11 is 0. The first-order valence-electron chi connectivity index (χ1n) is 6.17. The molecule has 0 aliphatic rings. The SMILES string of the molecule is Cc1nc(CNC(=O)N[C@@H](C(=O)O)c2ccccc2)no1. The zero-order valence-corrected chi connectivity index (χ0v) is 11.2. The van der Waals surface area contributed by atoms with E-state index < -0.39 is 18.0 Å². The van der Waals surface area contributed by atoms with E-state index in [0.717, 1.165) is 0 Å². The molecule has 21 heavy (non-hydrogen) atoms. The predicted molar refractivity (Wildman–Crippen MR) is 71.2 cm³/mol. The second-order valence-corrected chi connectivity index (χ2v) is 4.24. The van der Waals surface area contributed by atoms with E-state index >= 15 is 0 Å². The predicted octanol–water partition coefficient (Wildman–Crippen LogP) is 1.00. The van der Waals surface area contributed by atoms with Gasteiger partial charge in [0.2, 0.25) is 5.89 Å². The van der Waals surface area contributed by atoms with Gasteiger partial charge in [-0.15, -0.1) is 0 Å². The monoisotopic (exact) mass is 290 g/mol. The zero-order chi connectivity index (χ0) is 15.2. The standard InChI is InChI=1S/C13H14N4O4/c1-8-15-10(17-21-8)7-14-13(20)16-11(12(18)19)9-5-3-2-4-6-9/h2-6,11H,7H2,1H3,(H,18,19)(H2,14,16,20)/t11-/m1/s1. The van der Waals surface area contributed by atoms with Crippen LogP contribution >= 0.6 is 0 Å². The smallest absolute Gasteiger partial charge is 0.330 e. The molecule has 0 unspecified atom stereocenters. The molecule has 0 radical (unpaired) electrons. The minimum absolute atomic E-state index is 0.0459. The molecule has 2 rings (SSSR count). The van der Waals surface area contributed by atoms with Gasteiger partial charge in [0.05, 0.1) is 6.54 Å². The lowest BCUT2D eigenvalue weighted by Gasteiger charge is -2.14. The van der Waals surface area contributed by atoms with E-state index in [-0.39, 0.29) is 6.54 Å². The lowest BCUT2D eigenvalue weighted by molar-refractivity contribution is -0.139. The number of nitrogens with one attached hydrogen (secondary N) is 2. The minimum Gasteiger partial charge on any atom is -0.479 e. The first-order valence-corrected chi connectivity index (χ1v) is 6.17. The number of carboxylic acids is 1. The van der Waals surface area contributed by atoms with Crippen molar-refractivity contribution in [2.75, 3.05) is 0 Å². The van der Waals surface area contributed by atoms with Gasteiger partial charge >= 0.3 is 12.0 Å². The summed E-state index contributed by atoms with van der Waals surface area (Å²) in [5.41, 5.74) is 0.482. The molecule has 2 aromatic rings. The minimum atomic E-state index is -1.15. The number of aliphatic carboxylic acids is 1. The summed E-state index contributed by atoms with van der Waals surface area (Å²) in [6, 6.07) is 6.66. The molecule has 8 nitrogen and oxygen atoms in total. The highest BCUT2D eigenvalue weighted by Crippen LogP contribution is 2.12. The molecule has 1 atom stereocenters. The van der Waals surface area contributed by atoms with Crippen molar-refractivity contribution in [3.63, 3.8) is 0 Å². The van der Waals surface area contributed by atoms with Gasteiger partial charge in [-0.05, 0) is 5.56 Å². The summed E-state index contributed by atoms with van der Waals surface area (Å²) in [4.78, 5) is 26.9. The Morgan fingerprint density at radius 2 is 2.05 bits per heavy atom. The van der Waals surface area contributed by atoms with E-state index in [1.54, 1.807) is 37.3 Å². The number of carbonyl (C=O) groups excluding carboxylic acids is 1. The van der Waals surface area contributed by atoms with E-state index in [2.05, 4.69) is 20.8 Å². The van der Waals surface area contributed by atoms with E-state index in [9.17, 15) is 14.7 Å². The third-order valence-electron chi connectivity index (χ3n) is 2.63. The molecule has 0 aliphatic heterocycles. The Hall–Kier alpha value is -2.90. The number of urea groups is 1. The van der Waals surface area contributed by atoms with Gasteiger partial charge in [0, 0.05) is 6.92 Å². The molecule has 0 bridgehead atoms. The van der Waals surface area contributed by atoms with Crippen molar-refractivity contribution in [3.05, 3.63) is 47.6 Å². The van der Waals surface area contributed by atoms with Gasteiger partial charge in [0.25, 0.3) is 0 Å². The van der Waals surface area contributed by atoms with Crippen molar-refractivity contribution in [2.24, 2.45) is 0 Å². The maximum absolute atomic E-state index is 11.7. The molecule has 1 aromatic carbocycles. The van der Waals surface area contributed by atoms with E-state index in [1.165, 1.54) is 0 Å². The van der Waals surface area contributed by atoms with E-state index in [4.69, 9.17) is 4.52 Å². The van der Waals surface area contributed by atoms with E-state index in [0.29, 0.717) is 17.3 Å². The second-order valence-electron chi connectivity index (χ2n) is 4.24. The summed E-state index contributed by atoms with van der Waals surface area (Å²) in [6.07, 6.45) is 0. The fraction of sp³-hybridized carbons (Fsp3) is 0.231. The number of aryl methyl sites for hydroxylation is 1. The van der Waals surface area contributed by atoms with Crippen LogP contribution in [0.2, 0.25) is 0 Å². The molecule has 2 amide bonds. The Balaban J connectivity index is 1.94. The number of rotatable bonds is 5. The molecule has 1 aromatic heterocycles. The largest absolute Gasteiger partial charge is 0.479 e. The second kappa shape index (κ2) is 6.51. The number of carbonyl (C=O) groups is 2. The van der Waals surface area contributed by atoms with Crippen LogP contribution in [0.5, 0.6) is 0 Å². The number of nitrogens with zero attached hydrogens (tertiary/aromatic N) is 2. The molecule has 0 saturated carbocycles. The molecule has 3 N–H and O–H groups in total. The van der Waals surface area contributed by atoms with Crippen LogP contribution in [0.1, 0.15) is 23.3 Å². The van der Waals surface area contributed by atoms with Crippen LogP contribution < -0.4 is 10.6 Å². The summed E-state index contributed by atoms with van der Waals surface area (Å²) in [5, 5.41) is 17.6. The van der Waals surface area contributed by atoms with Crippen molar-refractivity contribution in [2.45, 2.75) is 19.5 Å². The number of amides is 2. The van der Waals surface area contributed by atoms with Gasteiger partial charge in [-0.2, -0.15) is 4.98 Å². The molecule has 1 heterocycles. The first-order chi connectivity index (χ1) is 10.1. The molecule has 110 valence electrons. The topological polar surface area (TPSA) is 117 Å². The number of hydrogen-bond acceptors (Lipinski definition) is 5.